The Morgan fingerprint density at radius 2 is 1.57 bits per heavy atom. The molecule has 0 atom stereocenters. The maximum Gasteiger partial charge on any atom is 0.328 e. The van der Waals surface area contributed by atoms with Crippen LogP contribution in [0, 0.1) is 20.8 Å². The molecular weight excluding hydrogens is 312 g/mol. The van der Waals surface area contributed by atoms with Gasteiger partial charge in [-0.3, -0.25) is 0 Å². The lowest BCUT2D eigenvalue weighted by Gasteiger charge is -2.06. The third-order valence-corrected chi connectivity index (χ3v) is 4.91. The summed E-state index contributed by atoms with van der Waals surface area (Å²) in [5, 5.41) is 12.8. The van der Waals surface area contributed by atoms with E-state index in [1.54, 1.807) is 57.2 Å². The number of hydrogen-bond donors (Lipinski definition) is 3. The molecule has 0 amide bonds. The smallest absolute Gasteiger partial charge is 0.328 e. The topological polar surface area (TPSA) is 80.4 Å². The van der Waals surface area contributed by atoms with Gasteiger partial charge in [0.05, 0.1) is 0 Å². The van der Waals surface area contributed by atoms with Gasteiger partial charge in [0.15, 0.2) is 0 Å². The Morgan fingerprint density at radius 1 is 1.04 bits per heavy atom. The second-order valence-corrected chi connectivity index (χ2v) is 7.31. The monoisotopic (exact) mass is 333 g/mol. The van der Waals surface area contributed by atoms with Gasteiger partial charge in [0.25, 0.3) is 5.84 Å². The quantitative estimate of drug-likeness (QED) is 0.453. The SMILES string of the molecule is CC(Nc1cc(C)c(O)c(C)c1)=[NH+]S(=O)(=O)c1ccc(C)cc1. The highest BCUT2D eigenvalue weighted by molar-refractivity contribution is 7.84. The van der Waals surface area contributed by atoms with E-state index in [1.165, 1.54) is 0 Å². The van der Waals surface area contributed by atoms with Crippen LogP contribution < -0.4 is 9.71 Å². The number of benzene rings is 2. The van der Waals surface area contributed by atoms with Crippen LogP contribution in [0.2, 0.25) is 0 Å². The van der Waals surface area contributed by atoms with E-state index in [0.29, 0.717) is 11.5 Å². The van der Waals surface area contributed by atoms with Gasteiger partial charge in [0.2, 0.25) is 0 Å². The maximum absolute atomic E-state index is 12.3. The van der Waals surface area contributed by atoms with E-state index in [1.807, 2.05) is 6.92 Å². The fraction of sp³-hybridized carbons (Fsp3) is 0.235. The summed E-state index contributed by atoms with van der Waals surface area (Å²) >= 11 is 0. The van der Waals surface area contributed by atoms with Crippen molar-refractivity contribution in [3.8, 4) is 5.75 Å². The zero-order chi connectivity index (χ0) is 17.2. The Kier molecular flexibility index (Phi) is 4.75. The fourth-order valence-corrected chi connectivity index (χ4v) is 3.31. The highest BCUT2D eigenvalue weighted by atomic mass is 32.2. The molecule has 0 saturated heterocycles. The number of nitrogens with one attached hydrogen (secondary N) is 2. The minimum Gasteiger partial charge on any atom is -0.507 e. The molecule has 0 fully saturated rings. The highest BCUT2D eigenvalue weighted by Crippen LogP contribution is 2.25. The number of aromatic hydroxyl groups is 1. The lowest BCUT2D eigenvalue weighted by atomic mass is 10.1. The molecule has 2 aromatic carbocycles. The molecule has 2 aromatic rings. The maximum atomic E-state index is 12.3. The average Bonchev–Trinajstić information content (AvgIpc) is 2.44. The van der Waals surface area contributed by atoms with Gasteiger partial charge in [-0.05, 0) is 56.2 Å². The second-order valence-electron chi connectivity index (χ2n) is 5.63. The second kappa shape index (κ2) is 6.42. The van der Waals surface area contributed by atoms with E-state index in [-0.39, 0.29) is 10.6 Å². The van der Waals surface area contributed by atoms with Crippen molar-refractivity contribution in [1.29, 1.82) is 0 Å². The van der Waals surface area contributed by atoms with E-state index in [4.69, 9.17) is 0 Å². The van der Waals surface area contributed by atoms with Crippen LogP contribution in [0.1, 0.15) is 23.6 Å². The molecule has 0 spiro atoms. The number of aryl methyl sites for hydroxylation is 3. The molecule has 122 valence electrons. The molecule has 3 N–H and O–H groups in total. The van der Waals surface area contributed by atoms with Crippen molar-refractivity contribution in [2.45, 2.75) is 32.6 Å². The highest BCUT2D eigenvalue weighted by Gasteiger charge is 2.16. The predicted molar refractivity (Wildman–Crippen MR) is 91.2 cm³/mol. The van der Waals surface area contributed by atoms with E-state index in [9.17, 15) is 13.5 Å². The summed E-state index contributed by atoms with van der Waals surface area (Å²) in [5.74, 6) is 0.628. The molecule has 0 saturated carbocycles. The normalized spacial score (nSPS) is 12.3. The lowest BCUT2D eigenvalue weighted by Crippen LogP contribution is -2.77. The largest absolute Gasteiger partial charge is 0.507 e. The van der Waals surface area contributed by atoms with Crippen molar-refractivity contribution in [3.63, 3.8) is 0 Å². The number of rotatable bonds is 3. The van der Waals surface area contributed by atoms with Crippen molar-refractivity contribution < 1.29 is 17.9 Å². The molecule has 23 heavy (non-hydrogen) atoms. The molecule has 6 heteroatoms. The number of anilines is 1. The Morgan fingerprint density at radius 3 is 2.09 bits per heavy atom. The van der Waals surface area contributed by atoms with Gasteiger partial charge in [-0.25, -0.2) is 5.32 Å². The lowest BCUT2D eigenvalue weighted by molar-refractivity contribution is -0.268. The van der Waals surface area contributed by atoms with Gasteiger partial charge >= 0.3 is 10.0 Å². The van der Waals surface area contributed by atoms with Crippen LogP contribution >= 0.6 is 0 Å². The zero-order valence-electron chi connectivity index (χ0n) is 13.6. The van der Waals surface area contributed by atoms with Crippen LogP contribution in [0.25, 0.3) is 0 Å². The standard InChI is InChI=1S/C17H20N2O3S/c1-11-5-7-16(8-6-11)23(21,22)19-14(4)18-15-9-12(2)17(20)13(3)10-15/h5-10,20H,1-4H3,(H,18,19)/p+1. The molecule has 0 aliphatic heterocycles. The van der Waals surface area contributed by atoms with Crippen LogP contribution in [0.3, 0.4) is 0 Å². The third-order valence-electron chi connectivity index (χ3n) is 3.44. The van der Waals surface area contributed by atoms with Crippen molar-refractivity contribution in [3.05, 3.63) is 53.1 Å². The molecule has 0 bridgehead atoms. The first-order valence-corrected chi connectivity index (χ1v) is 8.67. The summed E-state index contributed by atoms with van der Waals surface area (Å²) in [6, 6.07) is 10.2. The summed E-state index contributed by atoms with van der Waals surface area (Å²) in [6.07, 6.45) is 0. The first-order chi connectivity index (χ1) is 10.7. The molecule has 0 unspecified atom stereocenters. The zero-order valence-corrected chi connectivity index (χ0v) is 14.5. The Balaban J connectivity index is 2.27. The summed E-state index contributed by atoms with van der Waals surface area (Å²) in [7, 11) is -3.62. The minimum absolute atomic E-state index is 0.210. The summed E-state index contributed by atoms with van der Waals surface area (Å²) in [5.41, 5.74) is 3.16. The van der Waals surface area contributed by atoms with Crippen LogP contribution in [0.4, 0.5) is 5.69 Å². The Hall–Kier alpha value is -2.34. The molecule has 2 rings (SSSR count). The molecule has 0 aliphatic carbocycles. The van der Waals surface area contributed by atoms with Crippen LogP contribution in [-0.2, 0) is 10.0 Å². The van der Waals surface area contributed by atoms with Gasteiger partial charge < -0.3 is 5.11 Å². The molecular formula is C17H21N2O3S+. The molecule has 0 heterocycles. The van der Waals surface area contributed by atoms with E-state index < -0.39 is 10.0 Å². The molecule has 0 aromatic heterocycles. The number of hydrogen-bond acceptors (Lipinski definition) is 3. The molecule has 0 aliphatic rings. The Bertz CT molecular complexity index is 831. The van der Waals surface area contributed by atoms with Gasteiger partial charge in [-0.1, -0.05) is 17.7 Å². The summed E-state index contributed by atoms with van der Waals surface area (Å²) < 4.78 is 27.1. The predicted octanol–water partition coefficient (Wildman–Crippen LogP) is 1.62. The number of phenolic OH excluding ortho intramolecular Hbond substituents is 1. The van der Waals surface area contributed by atoms with Crippen molar-refractivity contribution in [2.75, 3.05) is 5.32 Å². The molecule has 0 radical (unpaired) electrons. The van der Waals surface area contributed by atoms with Crippen LogP contribution in [-0.4, -0.2) is 19.4 Å². The summed E-state index contributed by atoms with van der Waals surface area (Å²) in [6.45, 7) is 7.13. The first kappa shape index (κ1) is 17.0. The fourth-order valence-electron chi connectivity index (χ4n) is 2.25. The third kappa shape index (κ3) is 4.10. The van der Waals surface area contributed by atoms with Gasteiger partial charge in [-0.2, -0.15) is 12.8 Å². The number of phenols is 1. The van der Waals surface area contributed by atoms with Crippen LogP contribution in [0.5, 0.6) is 5.75 Å². The average molecular weight is 333 g/mol. The number of sulfonamides is 1. The minimum atomic E-state index is -3.62. The van der Waals surface area contributed by atoms with E-state index >= 15 is 0 Å². The molecule has 5 nitrogen and oxygen atoms in total. The van der Waals surface area contributed by atoms with Gasteiger partial charge in [0, 0.05) is 6.92 Å². The van der Waals surface area contributed by atoms with Gasteiger partial charge in [0.1, 0.15) is 16.3 Å². The van der Waals surface area contributed by atoms with E-state index in [2.05, 4.69) is 9.71 Å². The Labute approximate surface area is 136 Å². The van der Waals surface area contributed by atoms with E-state index in [0.717, 1.165) is 16.7 Å². The number of amidine groups is 1. The summed E-state index contributed by atoms with van der Waals surface area (Å²) in [4.78, 5) is 0.210. The van der Waals surface area contributed by atoms with Crippen molar-refractivity contribution >= 4 is 21.5 Å². The first-order valence-electron chi connectivity index (χ1n) is 7.19. The van der Waals surface area contributed by atoms with Crippen LogP contribution in [0.15, 0.2) is 41.3 Å². The van der Waals surface area contributed by atoms with Gasteiger partial charge in [-0.15, -0.1) is 0 Å². The van der Waals surface area contributed by atoms with Crippen molar-refractivity contribution in [1.82, 2.24) is 0 Å². The van der Waals surface area contributed by atoms with Crippen molar-refractivity contribution in [2.24, 2.45) is 0 Å².